The van der Waals surface area contributed by atoms with Crippen LogP contribution in [-0.2, 0) is 9.47 Å². The largest absolute Gasteiger partial charge is 0.388 e. The maximum Gasteiger partial charge on any atom is 0.162 e. The van der Waals surface area contributed by atoms with Crippen molar-refractivity contribution in [2.75, 3.05) is 25.6 Å². The van der Waals surface area contributed by atoms with Crippen LogP contribution >= 0.6 is 11.6 Å². The summed E-state index contributed by atoms with van der Waals surface area (Å²) in [7, 11) is 1.63. The fraction of sp³-hybridized carbons (Fsp3) is 0.350. The van der Waals surface area contributed by atoms with Crippen molar-refractivity contribution < 1.29 is 14.6 Å². The van der Waals surface area contributed by atoms with Crippen molar-refractivity contribution in [3.63, 3.8) is 0 Å². The Morgan fingerprint density at radius 2 is 2.00 bits per heavy atom. The van der Waals surface area contributed by atoms with Crippen LogP contribution in [0.25, 0.3) is 5.65 Å². The van der Waals surface area contributed by atoms with E-state index < -0.39 is 12.2 Å². The Bertz CT molecular complexity index is 945. The molecule has 6 nitrogen and oxygen atoms in total. The van der Waals surface area contributed by atoms with Crippen LogP contribution in [0.2, 0.25) is 5.15 Å². The van der Waals surface area contributed by atoms with Gasteiger partial charge in [-0.25, -0.2) is 4.98 Å². The Morgan fingerprint density at radius 3 is 2.74 bits per heavy atom. The van der Waals surface area contributed by atoms with Gasteiger partial charge in [0.05, 0.1) is 30.6 Å². The van der Waals surface area contributed by atoms with Gasteiger partial charge in [0.2, 0.25) is 0 Å². The zero-order valence-corrected chi connectivity index (χ0v) is 16.0. The number of aromatic nitrogens is 2. The molecule has 2 aromatic heterocycles. The van der Waals surface area contributed by atoms with Gasteiger partial charge in [-0.2, -0.15) is 0 Å². The number of imidazole rings is 1. The molecule has 3 atom stereocenters. The van der Waals surface area contributed by atoms with E-state index in [1.54, 1.807) is 7.11 Å². The van der Waals surface area contributed by atoms with Gasteiger partial charge in [-0.1, -0.05) is 41.9 Å². The van der Waals surface area contributed by atoms with E-state index in [9.17, 15) is 5.11 Å². The predicted molar refractivity (Wildman–Crippen MR) is 104 cm³/mol. The van der Waals surface area contributed by atoms with Gasteiger partial charge >= 0.3 is 0 Å². The third-order valence-electron chi connectivity index (χ3n) is 4.93. The number of ether oxygens (including phenoxy) is 2. The first kappa shape index (κ1) is 18.3. The number of methoxy groups -OCH3 is 1. The number of rotatable bonds is 5. The molecule has 0 radical (unpaired) electrons. The fourth-order valence-electron chi connectivity index (χ4n) is 3.58. The highest BCUT2D eigenvalue weighted by molar-refractivity contribution is 6.30. The van der Waals surface area contributed by atoms with Gasteiger partial charge in [0.1, 0.15) is 17.4 Å². The van der Waals surface area contributed by atoms with Gasteiger partial charge in [0.25, 0.3) is 0 Å². The molecule has 0 saturated heterocycles. The smallest absolute Gasteiger partial charge is 0.162 e. The topological polar surface area (TPSA) is 68.0 Å². The number of hydrogen-bond donors (Lipinski definition) is 2. The first-order valence-electron chi connectivity index (χ1n) is 8.89. The van der Waals surface area contributed by atoms with Crippen molar-refractivity contribution in [3.05, 3.63) is 64.6 Å². The van der Waals surface area contributed by atoms with Gasteiger partial charge in [-0.15, -0.1) is 0 Å². The summed E-state index contributed by atoms with van der Waals surface area (Å²) in [5, 5.41) is 15.1. The molecule has 0 bridgehead atoms. The Morgan fingerprint density at radius 1 is 1.22 bits per heavy atom. The highest BCUT2D eigenvalue weighted by Gasteiger charge is 2.38. The van der Waals surface area contributed by atoms with Gasteiger partial charge < -0.3 is 19.9 Å². The van der Waals surface area contributed by atoms with E-state index in [1.807, 2.05) is 53.9 Å². The maximum atomic E-state index is 11.1. The van der Waals surface area contributed by atoms with Crippen molar-refractivity contribution in [3.8, 4) is 0 Å². The van der Waals surface area contributed by atoms with Crippen LogP contribution in [0.15, 0.2) is 42.6 Å². The van der Waals surface area contributed by atoms with E-state index in [-0.39, 0.29) is 6.04 Å². The van der Waals surface area contributed by atoms with Crippen LogP contribution in [0.5, 0.6) is 0 Å². The molecule has 0 unspecified atom stereocenters. The van der Waals surface area contributed by atoms with E-state index in [0.29, 0.717) is 18.4 Å². The maximum absolute atomic E-state index is 11.1. The molecule has 0 amide bonds. The standard InChI is InChI=1S/C20H22ClN3O3/c1-12-19(21)24-9-8-14-16(20(24)22-12)23-15(13-6-4-3-5-7-13)17(25)18(14)27-11-10-26-2/h3-9,15,17-18,23,25H,10-11H2,1-2H3/t15-,17-,18-/m1/s1. The monoisotopic (exact) mass is 387 g/mol. The lowest BCUT2D eigenvalue weighted by Gasteiger charge is -2.38. The number of aliphatic hydroxyl groups is 1. The minimum absolute atomic E-state index is 0.326. The van der Waals surface area contributed by atoms with E-state index in [0.717, 1.165) is 28.2 Å². The Balaban J connectivity index is 1.82. The summed E-state index contributed by atoms with van der Waals surface area (Å²) in [6.07, 6.45) is 0.605. The summed E-state index contributed by atoms with van der Waals surface area (Å²) in [6, 6.07) is 11.4. The molecule has 3 heterocycles. The summed E-state index contributed by atoms with van der Waals surface area (Å²) >= 11 is 6.38. The Kier molecular flexibility index (Phi) is 5.06. The molecule has 0 spiro atoms. The van der Waals surface area contributed by atoms with Crippen molar-refractivity contribution in [1.82, 2.24) is 9.38 Å². The van der Waals surface area contributed by atoms with Gasteiger partial charge in [-0.3, -0.25) is 4.40 Å². The molecular formula is C20H22ClN3O3. The highest BCUT2D eigenvalue weighted by atomic mass is 35.5. The van der Waals surface area contributed by atoms with Crippen LogP contribution in [0.1, 0.15) is 29.0 Å². The number of aryl methyl sites for hydroxylation is 1. The first-order chi connectivity index (χ1) is 13.1. The number of anilines is 1. The molecule has 0 aliphatic carbocycles. The minimum Gasteiger partial charge on any atom is -0.388 e. The number of nitrogens with one attached hydrogen (secondary N) is 1. The molecule has 1 aliphatic rings. The van der Waals surface area contributed by atoms with Crippen molar-refractivity contribution in [2.45, 2.75) is 25.2 Å². The molecule has 2 N–H and O–H groups in total. The predicted octanol–water partition coefficient (Wildman–Crippen LogP) is 3.53. The van der Waals surface area contributed by atoms with Crippen molar-refractivity contribution in [1.29, 1.82) is 0 Å². The molecular weight excluding hydrogens is 366 g/mol. The summed E-state index contributed by atoms with van der Waals surface area (Å²) in [6.45, 7) is 2.72. The number of hydrogen-bond acceptors (Lipinski definition) is 5. The summed E-state index contributed by atoms with van der Waals surface area (Å²) in [5.74, 6) is 0. The van der Waals surface area contributed by atoms with Crippen LogP contribution in [0.3, 0.4) is 0 Å². The Hall–Kier alpha value is -2.12. The van der Waals surface area contributed by atoms with Crippen LogP contribution < -0.4 is 5.32 Å². The second-order valence-corrected chi connectivity index (χ2v) is 6.99. The molecule has 142 valence electrons. The SMILES string of the molecule is COCCO[C@@H]1c2ccn3c(Cl)c(C)nc3c2N[C@H](c2ccccc2)[C@H]1O. The van der Waals surface area contributed by atoms with Gasteiger partial charge in [-0.05, 0) is 18.6 Å². The molecule has 1 aliphatic heterocycles. The molecule has 27 heavy (non-hydrogen) atoms. The van der Waals surface area contributed by atoms with Crippen molar-refractivity contribution >= 4 is 22.9 Å². The average Bonchev–Trinajstić information content (AvgIpc) is 2.98. The van der Waals surface area contributed by atoms with Crippen LogP contribution in [0, 0.1) is 6.92 Å². The molecule has 0 saturated carbocycles. The third-order valence-corrected chi connectivity index (χ3v) is 5.38. The van der Waals surface area contributed by atoms with E-state index in [4.69, 9.17) is 21.1 Å². The van der Waals surface area contributed by atoms with Crippen LogP contribution in [0.4, 0.5) is 5.69 Å². The van der Waals surface area contributed by atoms with Gasteiger partial charge in [0, 0.05) is 18.9 Å². The molecule has 1 aromatic carbocycles. The number of pyridine rings is 1. The summed E-state index contributed by atoms with van der Waals surface area (Å²) in [5.41, 5.74) is 4.15. The number of benzene rings is 1. The molecule has 7 heteroatoms. The highest BCUT2D eigenvalue weighted by Crippen LogP contribution is 2.43. The zero-order valence-electron chi connectivity index (χ0n) is 15.2. The molecule has 3 aromatic rings. The number of fused-ring (bicyclic) bond motifs is 3. The second-order valence-electron chi connectivity index (χ2n) is 6.64. The van der Waals surface area contributed by atoms with E-state index >= 15 is 0 Å². The number of halogens is 1. The quantitative estimate of drug-likeness (QED) is 0.655. The second kappa shape index (κ2) is 7.48. The first-order valence-corrected chi connectivity index (χ1v) is 9.26. The van der Waals surface area contributed by atoms with Gasteiger partial charge in [0.15, 0.2) is 5.65 Å². The molecule has 4 rings (SSSR count). The van der Waals surface area contributed by atoms with E-state index in [1.165, 1.54) is 0 Å². The third kappa shape index (κ3) is 3.19. The Labute approximate surface area is 162 Å². The van der Waals surface area contributed by atoms with E-state index in [2.05, 4.69) is 10.3 Å². The normalized spacial score (nSPS) is 21.9. The molecule has 0 fully saturated rings. The zero-order chi connectivity index (χ0) is 19.0. The lowest BCUT2D eigenvalue weighted by Crippen LogP contribution is -2.38. The lowest BCUT2D eigenvalue weighted by atomic mass is 9.89. The summed E-state index contributed by atoms with van der Waals surface area (Å²) < 4.78 is 13.0. The minimum atomic E-state index is -0.759. The van der Waals surface area contributed by atoms with Crippen molar-refractivity contribution in [2.24, 2.45) is 0 Å². The number of nitrogens with zero attached hydrogens (tertiary/aromatic N) is 2. The lowest BCUT2D eigenvalue weighted by molar-refractivity contribution is -0.0633. The average molecular weight is 388 g/mol. The fourth-order valence-corrected chi connectivity index (χ4v) is 3.76. The van der Waals surface area contributed by atoms with Crippen LogP contribution in [-0.4, -0.2) is 40.9 Å². The summed E-state index contributed by atoms with van der Waals surface area (Å²) in [4.78, 5) is 4.62. The number of aliphatic hydroxyl groups excluding tert-OH is 1.